The number of benzene rings is 2. The van der Waals surface area contributed by atoms with E-state index in [0.717, 1.165) is 48.8 Å². The largest absolute Gasteiger partial charge is 0.507 e. The number of hydrogen-bond acceptors (Lipinski definition) is 3. The molecule has 1 aliphatic carbocycles. The van der Waals surface area contributed by atoms with Gasteiger partial charge in [0.25, 0.3) is 0 Å². The molecule has 3 aromatic rings. The van der Waals surface area contributed by atoms with Gasteiger partial charge in [0.05, 0.1) is 5.56 Å². The van der Waals surface area contributed by atoms with Gasteiger partial charge in [0, 0.05) is 17.9 Å². The standard InChI is InChI=1S/C25H26O3/c26-24-21-14-8-3-9-15-22(21)28-25(27)23(24)20(16-18-10-4-1-5-11-18)17-19-12-6-2-7-13-19/h1-2,4-7,10-13,20,26H,3,8-9,14-17H2. The van der Waals surface area contributed by atoms with E-state index in [4.69, 9.17) is 4.42 Å². The third kappa shape index (κ3) is 4.04. The van der Waals surface area contributed by atoms with Gasteiger partial charge in [0.1, 0.15) is 11.5 Å². The summed E-state index contributed by atoms with van der Waals surface area (Å²) in [5, 5.41) is 11.1. The lowest BCUT2D eigenvalue weighted by Crippen LogP contribution is -2.19. The minimum absolute atomic E-state index is 0.130. The highest BCUT2D eigenvalue weighted by molar-refractivity contribution is 5.44. The Morgan fingerprint density at radius 2 is 1.39 bits per heavy atom. The smallest absolute Gasteiger partial charge is 0.343 e. The summed E-state index contributed by atoms with van der Waals surface area (Å²) in [6.45, 7) is 0. The van der Waals surface area contributed by atoms with Crippen LogP contribution in [0.1, 0.15) is 53.2 Å². The van der Waals surface area contributed by atoms with Crippen molar-refractivity contribution in [1.82, 2.24) is 0 Å². The van der Waals surface area contributed by atoms with Crippen molar-refractivity contribution >= 4 is 0 Å². The molecule has 1 N–H and O–H groups in total. The molecule has 1 aromatic heterocycles. The second-order valence-electron chi connectivity index (χ2n) is 7.69. The first-order valence-corrected chi connectivity index (χ1v) is 10.2. The SMILES string of the molecule is O=c1oc2c(c(O)c1C(Cc1ccccc1)Cc1ccccc1)CCCCC2. The Hall–Kier alpha value is -2.81. The highest BCUT2D eigenvalue weighted by atomic mass is 16.4. The van der Waals surface area contributed by atoms with Crippen LogP contribution in [0, 0.1) is 0 Å². The Labute approximate surface area is 165 Å². The molecule has 0 saturated heterocycles. The molecule has 1 aliphatic rings. The van der Waals surface area contributed by atoms with Crippen molar-refractivity contribution in [1.29, 1.82) is 0 Å². The van der Waals surface area contributed by atoms with Crippen LogP contribution in [0.25, 0.3) is 0 Å². The molecule has 4 rings (SSSR count). The van der Waals surface area contributed by atoms with Crippen LogP contribution in [-0.2, 0) is 25.7 Å². The molecule has 0 spiro atoms. The molecule has 2 aromatic carbocycles. The van der Waals surface area contributed by atoms with Gasteiger partial charge in [-0.25, -0.2) is 4.79 Å². The monoisotopic (exact) mass is 374 g/mol. The molecule has 0 unspecified atom stereocenters. The van der Waals surface area contributed by atoms with E-state index in [2.05, 4.69) is 24.3 Å². The quantitative estimate of drug-likeness (QED) is 0.626. The van der Waals surface area contributed by atoms with Gasteiger partial charge in [-0.15, -0.1) is 0 Å². The summed E-state index contributed by atoms with van der Waals surface area (Å²) in [5.41, 5.74) is 3.20. The van der Waals surface area contributed by atoms with Crippen LogP contribution in [0.2, 0.25) is 0 Å². The lowest BCUT2D eigenvalue weighted by molar-refractivity contribution is 0.394. The molecule has 0 radical (unpaired) electrons. The van der Waals surface area contributed by atoms with Crippen LogP contribution in [0.4, 0.5) is 0 Å². The lowest BCUT2D eigenvalue weighted by Gasteiger charge is -2.20. The zero-order chi connectivity index (χ0) is 19.3. The van der Waals surface area contributed by atoms with E-state index in [1.165, 1.54) is 0 Å². The zero-order valence-corrected chi connectivity index (χ0v) is 16.1. The first-order valence-electron chi connectivity index (χ1n) is 10.2. The molecule has 3 nitrogen and oxygen atoms in total. The number of rotatable bonds is 5. The molecule has 28 heavy (non-hydrogen) atoms. The summed E-state index contributed by atoms with van der Waals surface area (Å²) >= 11 is 0. The van der Waals surface area contributed by atoms with E-state index in [-0.39, 0.29) is 17.3 Å². The molecular weight excluding hydrogens is 348 g/mol. The van der Waals surface area contributed by atoms with E-state index in [9.17, 15) is 9.90 Å². The van der Waals surface area contributed by atoms with Gasteiger partial charge in [-0.2, -0.15) is 0 Å². The Morgan fingerprint density at radius 1 is 0.821 bits per heavy atom. The van der Waals surface area contributed by atoms with Gasteiger partial charge in [-0.3, -0.25) is 0 Å². The Kier molecular flexibility index (Phi) is 5.61. The zero-order valence-electron chi connectivity index (χ0n) is 16.1. The van der Waals surface area contributed by atoms with Crippen molar-refractivity contribution in [3.63, 3.8) is 0 Å². The van der Waals surface area contributed by atoms with E-state index >= 15 is 0 Å². The number of aromatic hydroxyl groups is 1. The van der Waals surface area contributed by atoms with Crippen LogP contribution < -0.4 is 5.63 Å². The Morgan fingerprint density at radius 3 is 2.00 bits per heavy atom. The topological polar surface area (TPSA) is 50.4 Å². The molecule has 0 bridgehead atoms. The third-order valence-corrected chi connectivity index (χ3v) is 5.70. The van der Waals surface area contributed by atoms with E-state index < -0.39 is 0 Å². The molecule has 1 heterocycles. The maximum absolute atomic E-state index is 12.9. The van der Waals surface area contributed by atoms with E-state index in [1.54, 1.807) is 0 Å². The fourth-order valence-corrected chi connectivity index (χ4v) is 4.28. The second kappa shape index (κ2) is 8.47. The van der Waals surface area contributed by atoms with E-state index in [1.807, 2.05) is 36.4 Å². The molecule has 3 heteroatoms. The minimum atomic E-state index is -0.380. The van der Waals surface area contributed by atoms with Crippen molar-refractivity contribution in [3.05, 3.63) is 99.1 Å². The van der Waals surface area contributed by atoms with Gasteiger partial charge in [0.2, 0.25) is 0 Å². The van der Waals surface area contributed by atoms with Gasteiger partial charge in [0.15, 0.2) is 0 Å². The number of hydrogen-bond donors (Lipinski definition) is 1. The van der Waals surface area contributed by atoms with E-state index in [0.29, 0.717) is 24.2 Å². The summed E-state index contributed by atoms with van der Waals surface area (Å²) in [4.78, 5) is 12.9. The summed E-state index contributed by atoms with van der Waals surface area (Å²) in [7, 11) is 0. The van der Waals surface area contributed by atoms with Gasteiger partial charge in [-0.1, -0.05) is 67.1 Å². The summed E-state index contributed by atoms with van der Waals surface area (Å²) in [6, 6.07) is 20.3. The highest BCUT2D eigenvalue weighted by Gasteiger charge is 2.27. The number of aryl methyl sites for hydroxylation is 1. The molecular formula is C25H26O3. The fourth-order valence-electron chi connectivity index (χ4n) is 4.28. The average molecular weight is 374 g/mol. The minimum Gasteiger partial charge on any atom is -0.507 e. The fraction of sp³-hybridized carbons (Fsp3) is 0.320. The third-order valence-electron chi connectivity index (χ3n) is 5.70. The molecule has 0 amide bonds. The normalized spacial score (nSPS) is 13.9. The Bertz CT molecular complexity index is 932. The molecule has 0 aliphatic heterocycles. The van der Waals surface area contributed by atoms with Gasteiger partial charge in [-0.05, 0) is 43.2 Å². The van der Waals surface area contributed by atoms with Crippen molar-refractivity contribution in [2.75, 3.05) is 0 Å². The first kappa shape index (κ1) is 18.5. The molecule has 0 fully saturated rings. The molecule has 0 saturated carbocycles. The predicted octanol–water partition coefficient (Wildman–Crippen LogP) is 5.18. The lowest BCUT2D eigenvalue weighted by atomic mass is 9.86. The second-order valence-corrected chi connectivity index (χ2v) is 7.69. The van der Waals surface area contributed by atoms with Gasteiger partial charge < -0.3 is 9.52 Å². The Balaban J connectivity index is 1.77. The van der Waals surface area contributed by atoms with Crippen LogP contribution in [0.5, 0.6) is 5.75 Å². The van der Waals surface area contributed by atoms with Crippen molar-refractivity contribution in [2.45, 2.75) is 50.9 Å². The van der Waals surface area contributed by atoms with Crippen molar-refractivity contribution in [2.24, 2.45) is 0 Å². The van der Waals surface area contributed by atoms with Crippen LogP contribution in [0.3, 0.4) is 0 Å². The van der Waals surface area contributed by atoms with Gasteiger partial charge >= 0.3 is 5.63 Å². The van der Waals surface area contributed by atoms with Crippen molar-refractivity contribution in [3.8, 4) is 5.75 Å². The van der Waals surface area contributed by atoms with Crippen LogP contribution in [0.15, 0.2) is 69.9 Å². The first-order chi connectivity index (χ1) is 13.7. The number of fused-ring (bicyclic) bond motifs is 1. The highest BCUT2D eigenvalue weighted by Crippen LogP contribution is 2.35. The summed E-state index contributed by atoms with van der Waals surface area (Å²) in [5.74, 6) is 0.724. The maximum Gasteiger partial charge on any atom is 0.343 e. The predicted molar refractivity (Wildman–Crippen MR) is 111 cm³/mol. The summed E-state index contributed by atoms with van der Waals surface area (Å²) < 4.78 is 5.73. The molecule has 0 atom stereocenters. The van der Waals surface area contributed by atoms with Crippen LogP contribution in [-0.4, -0.2) is 5.11 Å². The maximum atomic E-state index is 12.9. The average Bonchev–Trinajstić information content (AvgIpc) is 2.95. The summed E-state index contributed by atoms with van der Waals surface area (Å²) in [6.07, 6.45) is 6.02. The molecule has 144 valence electrons. The van der Waals surface area contributed by atoms with Crippen molar-refractivity contribution < 1.29 is 9.52 Å². The van der Waals surface area contributed by atoms with Crippen LogP contribution >= 0.6 is 0 Å².